The second kappa shape index (κ2) is 8.16. The summed E-state index contributed by atoms with van der Waals surface area (Å²) in [6, 6.07) is 13.7. The number of amides is 1. The van der Waals surface area contributed by atoms with Crippen LogP contribution in [-0.4, -0.2) is 31.4 Å². The summed E-state index contributed by atoms with van der Waals surface area (Å²) in [5.41, 5.74) is 5.99. The van der Waals surface area contributed by atoms with Crippen LogP contribution >= 0.6 is 0 Å². The molecule has 6 nitrogen and oxygen atoms in total. The Kier molecular flexibility index (Phi) is 5.58. The number of hydrazone groups is 1. The van der Waals surface area contributed by atoms with Crippen molar-refractivity contribution in [3.63, 3.8) is 0 Å². The molecule has 7 heteroatoms. The molecule has 0 unspecified atom stereocenters. The number of rotatable bonds is 6. The van der Waals surface area contributed by atoms with Gasteiger partial charge < -0.3 is 0 Å². The molecule has 0 bridgehead atoms. The number of carbonyl (C=O) groups excluding carboxylic acids is 1. The van der Waals surface area contributed by atoms with E-state index < -0.39 is 10.0 Å². The molecular formula is C23H25N3O3S. The number of allylic oxidation sites excluding steroid dienone is 2. The van der Waals surface area contributed by atoms with Gasteiger partial charge in [-0.15, -0.1) is 0 Å². The van der Waals surface area contributed by atoms with Crippen molar-refractivity contribution in [3.05, 3.63) is 77.4 Å². The Bertz CT molecular complexity index is 1100. The molecule has 1 saturated carbocycles. The number of sulfonamides is 1. The molecule has 0 aliphatic heterocycles. The second-order valence-electron chi connectivity index (χ2n) is 7.95. The van der Waals surface area contributed by atoms with Crippen LogP contribution in [0.1, 0.15) is 34.3 Å². The van der Waals surface area contributed by atoms with Gasteiger partial charge in [0.1, 0.15) is 0 Å². The topological polar surface area (TPSA) is 78.8 Å². The number of benzene rings is 2. The van der Waals surface area contributed by atoms with E-state index in [4.69, 9.17) is 0 Å². The van der Waals surface area contributed by atoms with Gasteiger partial charge in [-0.25, -0.2) is 13.8 Å². The average molecular weight is 424 g/mol. The van der Waals surface area contributed by atoms with E-state index in [1.807, 2.05) is 6.92 Å². The molecule has 1 fully saturated rings. The van der Waals surface area contributed by atoms with Crippen molar-refractivity contribution in [2.75, 3.05) is 7.05 Å². The van der Waals surface area contributed by atoms with E-state index in [0.717, 1.165) is 29.7 Å². The highest BCUT2D eigenvalue weighted by atomic mass is 32.2. The Hall–Kier alpha value is -2.77. The zero-order chi connectivity index (χ0) is 21.3. The van der Waals surface area contributed by atoms with E-state index in [0.29, 0.717) is 17.4 Å². The Morgan fingerprint density at radius 1 is 1.13 bits per heavy atom. The van der Waals surface area contributed by atoms with Crippen LogP contribution in [0, 0.1) is 18.8 Å². The third-order valence-electron chi connectivity index (χ3n) is 5.81. The lowest BCUT2D eigenvalue weighted by molar-refractivity contribution is 0.0954. The third-order valence-corrected chi connectivity index (χ3v) is 7.63. The highest BCUT2D eigenvalue weighted by molar-refractivity contribution is 7.89. The summed E-state index contributed by atoms with van der Waals surface area (Å²) in [7, 11) is -2.02. The quantitative estimate of drug-likeness (QED) is 0.571. The predicted octanol–water partition coefficient (Wildman–Crippen LogP) is 3.50. The summed E-state index contributed by atoms with van der Waals surface area (Å²) in [5.74, 6) is 0.788. The van der Waals surface area contributed by atoms with Crippen molar-refractivity contribution < 1.29 is 13.2 Å². The van der Waals surface area contributed by atoms with Crippen LogP contribution in [0.4, 0.5) is 0 Å². The SMILES string of the molecule is Cc1ccc(S(=O)(=O)N(C)Cc2ccc(C(=O)N/N=C3/C[C@H]4C=CC[C@H]34)cc2)cc1. The molecule has 0 radical (unpaired) electrons. The molecule has 1 N–H and O–H groups in total. The molecule has 0 aromatic heterocycles. The fraction of sp³-hybridized carbons (Fsp3) is 0.304. The maximum Gasteiger partial charge on any atom is 0.271 e. The lowest BCUT2D eigenvalue weighted by Gasteiger charge is -2.31. The molecule has 1 amide bonds. The normalized spacial score (nSPS) is 21.5. The van der Waals surface area contributed by atoms with Crippen molar-refractivity contribution in [2.24, 2.45) is 16.9 Å². The maximum absolute atomic E-state index is 12.7. The fourth-order valence-electron chi connectivity index (χ4n) is 3.84. The molecule has 2 aromatic carbocycles. The number of nitrogens with one attached hydrogen (secondary N) is 1. The Balaban J connectivity index is 1.36. The highest BCUT2D eigenvalue weighted by Gasteiger charge is 2.38. The highest BCUT2D eigenvalue weighted by Crippen LogP contribution is 2.40. The predicted molar refractivity (Wildman–Crippen MR) is 117 cm³/mol. The molecular weight excluding hydrogens is 398 g/mol. The van der Waals surface area contributed by atoms with Gasteiger partial charge in [0, 0.05) is 30.8 Å². The van der Waals surface area contributed by atoms with Crippen LogP contribution in [0.15, 0.2) is 70.7 Å². The first-order valence-electron chi connectivity index (χ1n) is 10.00. The van der Waals surface area contributed by atoms with Crippen LogP contribution in [0.5, 0.6) is 0 Å². The van der Waals surface area contributed by atoms with E-state index in [1.54, 1.807) is 55.6 Å². The largest absolute Gasteiger partial charge is 0.271 e. The zero-order valence-corrected chi connectivity index (χ0v) is 17.9. The zero-order valence-electron chi connectivity index (χ0n) is 17.1. The summed E-state index contributed by atoms with van der Waals surface area (Å²) in [5, 5.41) is 4.28. The molecule has 30 heavy (non-hydrogen) atoms. The van der Waals surface area contributed by atoms with Gasteiger partial charge in [-0.2, -0.15) is 9.41 Å². The van der Waals surface area contributed by atoms with Crippen molar-refractivity contribution >= 4 is 21.6 Å². The molecule has 2 aromatic rings. The van der Waals surface area contributed by atoms with Gasteiger partial charge in [-0.3, -0.25) is 4.79 Å². The van der Waals surface area contributed by atoms with Gasteiger partial charge in [-0.05, 0) is 55.5 Å². The van der Waals surface area contributed by atoms with Crippen molar-refractivity contribution in [3.8, 4) is 0 Å². The van der Waals surface area contributed by atoms with Gasteiger partial charge in [0.15, 0.2) is 0 Å². The van der Waals surface area contributed by atoms with E-state index in [2.05, 4.69) is 22.7 Å². The number of hydrogen-bond donors (Lipinski definition) is 1. The molecule has 2 atom stereocenters. The minimum Gasteiger partial charge on any atom is -0.267 e. The molecule has 4 rings (SSSR count). The first-order valence-corrected chi connectivity index (χ1v) is 11.4. The Morgan fingerprint density at radius 2 is 1.83 bits per heavy atom. The lowest BCUT2D eigenvalue weighted by atomic mass is 9.74. The number of nitrogens with zero attached hydrogens (tertiary/aromatic N) is 2. The van der Waals surface area contributed by atoms with Crippen LogP contribution in [0.2, 0.25) is 0 Å². The maximum atomic E-state index is 12.7. The summed E-state index contributed by atoms with van der Waals surface area (Å²) < 4.78 is 26.8. The number of carbonyl (C=O) groups is 1. The van der Waals surface area contributed by atoms with Crippen LogP contribution in [0.3, 0.4) is 0 Å². The molecule has 0 spiro atoms. The summed E-state index contributed by atoms with van der Waals surface area (Å²) in [4.78, 5) is 12.6. The second-order valence-corrected chi connectivity index (χ2v) is 10.00. The summed E-state index contributed by atoms with van der Waals surface area (Å²) in [6.07, 6.45) is 6.32. The third kappa shape index (κ3) is 4.08. The minimum atomic E-state index is -3.57. The molecule has 156 valence electrons. The molecule has 0 saturated heterocycles. The smallest absolute Gasteiger partial charge is 0.267 e. The Labute approximate surface area is 177 Å². The summed E-state index contributed by atoms with van der Waals surface area (Å²) >= 11 is 0. The standard InChI is InChI=1S/C23H25N3O3S/c1-16-6-12-20(13-7-16)30(28,29)26(2)15-17-8-10-18(11-9-17)23(27)25-24-22-14-19-4-3-5-21(19)22/h3-4,6-13,19,21H,5,14-15H2,1-2H3,(H,25,27)/b24-22-/t19-,21+/m1/s1. The summed E-state index contributed by atoms with van der Waals surface area (Å²) in [6.45, 7) is 2.13. The minimum absolute atomic E-state index is 0.219. The van der Waals surface area contributed by atoms with Gasteiger partial charge in [0.05, 0.1) is 4.90 Å². The van der Waals surface area contributed by atoms with Gasteiger partial charge in [0.25, 0.3) is 5.91 Å². The fourth-order valence-corrected chi connectivity index (χ4v) is 5.00. The van der Waals surface area contributed by atoms with E-state index >= 15 is 0 Å². The van der Waals surface area contributed by atoms with Crippen molar-refractivity contribution in [1.82, 2.24) is 9.73 Å². The molecule has 2 aliphatic rings. The average Bonchev–Trinajstić information content (AvgIpc) is 3.09. The Morgan fingerprint density at radius 3 is 2.50 bits per heavy atom. The first kappa shape index (κ1) is 20.5. The van der Waals surface area contributed by atoms with Gasteiger partial charge in [0.2, 0.25) is 10.0 Å². The van der Waals surface area contributed by atoms with Crippen LogP contribution < -0.4 is 5.43 Å². The van der Waals surface area contributed by atoms with Crippen LogP contribution in [0.25, 0.3) is 0 Å². The van der Waals surface area contributed by atoms with Crippen molar-refractivity contribution in [1.29, 1.82) is 0 Å². The van der Waals surface area contributed by atoms with E-state index in [-0.39, 0.29) is 17.3 Å². The van der Waals surface area contributed by atoms with Gasteiger partial charge in [-0.1, -0.05) is 42.0 Å². The lowest BCUT2D eigenvalue weighted by Crippen LogP contribution is -2.35. The van der Waals surface area contributed by atoms with Crippen molar-refractivity contribution in [2.45, 2.75) is 31.2 Å². The monoisotopic (exact) mass is 423 g/mol. The number of fused-ring (bicyclic) bond motifs is 1. The molecule has 0 heterocycles. The van der Waals surface area contributed by atoms with E-state index in [1.165, 1.54) is 4.31 Å². The van der Waals surface area contributed by atoms with E-state index in [9.17, 15) is 13.2 Å². The first-order chi connectivity index (χ1) is 14.3. The van der Waals surface area contributed by atoms with Gasteiger partial charge >= 0.3 is 0 Å². The van der Waals surface area contributed by atoms with Crippen LogP contribution in [-0.2, 0) is 16.6 Å². The molecule has 2 aliphatic carbocycles. The number of hydrogen-bond acceptors (Lipinski definition) is 4. The number of aryl methyl sites for hydroxylation is 1.